The van der Waals surface area contributed by atoms with E-state index < -0.39 is 10.0 Å². The van der Waals surface area contributed by atoms with Gasteiger partial charge in [0.05, 0.1) is 4.90 Å². The van der Waals surface area contributed by atoms with Gasteiger partial charge in [0.1, 0.15) is 0 Å². The van der Waals surface area contributed by atoms with Gasteiger partial charge in [-0.05, 0) is 70.6 Å². The molecule has 1 aliphatic rings. The second-order valence-corrected chi connectivity index (χ2v) is 7.99. The molecule has 1 unspecified atom stereocenters. The topological polar surface area (TPSA) is 72.2 Å². The fraction of sp³-hybridized carbons (Fsp3) is 0.250. The van der Waals surface area contributed by atoms with Crippen molar-refractivity contribution < 1.29 is 8.42 Å². The zero-order valence-electron chi connectivity index (χ0n) is 11.9. The van der Waals surface area contributed by atoms with Crippen LogP contribution in [-0.2, 0) is 16.4 Å². The summed E-state index contributed by atoms with van der Waals surface area (Å²) in [4.78, 5) is 0.262. The van der Waals surface area contributed by atoms with Crippen molar-refractivity contribution in [2.24, 2.45) is 0 Å². The molecular weight excluding hydrogens is 364 g/mol. The minimum absolute atomic E-state index is 0.207. The van der Waals surface area contributed by atoms with Crippen LogP contribution in [0.25, 0.3) is 0 Å². The second-order valence-electron chi connectivity index (χ2n) is 5.45. The predicted molar refractivity (Wildman–Crippen MR) is 91.0 cm³/mol. The average molecular weight is 381 g/mol. The van der Waals surface area contributed by atoms with Gasteiger partial charge in [-0.3, -0.25) is 0 Å². The van der Waals surface area contributed by atoms with Crippen LogP contribution in [-0.4, -0.2) is 8.42 Å². The van der Waals surface area contributed by atoms with Crippen molar-refractivity contribution in [1.29, 1.82) is 0 Å². The van der Waals surface area contributed by atoms with Gasteiger partial charge in [-0.25, -0.2) is 13.1 Å². The van der Waals surface area contributed by atoms with E-state index in [1.807, 2.05) is 18.2 Å². The Morgan fingerprint density at radius 1 is 1.18 bits per heavy atom. The number of hydrogen-bond acceptors (Lipinski definition) is 3. The van der Waals surface area contributed by atoms with Gasteiger partial charge >= 0.3 is 0 Å². The first-order valence-corrected chi connectivity index (χ1v) is 9.40. The number of nitrogens with one attached hydrogen (secondary N) is 1. The molecule has 0 amide bonds. The van der Waals surface area contributed by atoms with Gasteiger partial charge in [0, 0.05) is 16.2 Å². The Balaban J connectivity index is 1.93. The van der Waals surface area contributed by atoms with Crippen LogP contribution in [0.2, 0.25) is 0 Å². The molecule has 0 spiro atoms. The predicted octanol–water partition coefficient (Wildman–Crippen LogP) is 3.39. The SMILES string of the molecule is Nc1ccc2c(c1)CCCC2NS(=O)(=O)c1ccccc1Br. The van der Waals surface area contributed by atoms with Gasteiger partial charge in [0.25, 0.3) is 0 Å². The van der Waals surface area contributed by atoms with Crippen LogP contribution < -0.4 is 10.5 Å². The zero-order chi connectivity index (χ0) is 15.7. The zero-order valence-corrected chi connectivity index (χ0v) is 14.3. The summed E-state index contributed by atoms with van der Waals surface area (Å²) in [7, 11) is -3.57. The Hall–Kier alpha value is -1.37. The number of rotatable bonds is 3. The summed E-state index contributed by atoms with van der Waals surface area (Å²) in [6.45, 7) is 0. The van der Waals surface area contributed by atoms with E-state index in [1.54, 1.807) is 24.3 Å². The molecule has 6 heteroatoms. The Labute approximate surface area is 138 Å². The number of hydrogen-bond donors (Lipinski definition) is 2. The highest BCUT2D eigenvalue weighted by molar-refractivity contribution is 9.10. The van der Waals surface area contributed by atoms with E-state index in [2.05, 4.69) is 20.7 Å². The average Bonchev–Trinajstić information content (AvgIpc) is 2.47. The minimum atomic E-state index is -3.57. The monoisotopic (exact) mass is 380 g/mol. The standard InChI is InChI=1S/C16H17BrN2O2S/c17-14-5-1-2-7-16(14)22(20,21)19-15-6-3-4-11-10-12(18)8-9-13(11)15/h1-2,5,7-10,15,19H,3-4,6,18H2. The van der Waals surface area contributed by atoms with Crippen LogP contribution in [0.5, 0.6) is 0 Å². The molecule has 0 fully saturated rings. The number of sulfonamides is 1. The number of aryl methyl sites for hydroxylation is 1. The highest BCUT2D eigenvalue weighted by Crippen LogP contribution is 2.33. The quantitative estimate of drug-likeness (QED) is 0.801. The summed E-state index contributed by atoms with van der Waals surface area (Å²) in [5.41, 5.74) is 8.69. The molecule has 3 rings (SSSR count). The molecule has 2 aromatic carbocycles. The maximum Gasteiger partial charge on any atom is 0.242 e. The van der Waals surface area contributed by atoms with Crippen LogP contribution >= 0.6 is 15.9 Å². The number of anilines is 1. The minimum Gasteiger partial charge on any atom is -0.399 e. The molecule has 2 aromatic rings. The number of fused-ring (bicyclic) bond motifs is 1. The lowest BCUT2D eigenvalue weighted by molar-refractivity contribution is 0.507. The molecule has 1 atom stereocenters. The largest absolute Gasteiger partial charge is 0.399 e. The molecule has 3 N–H and O–H groups in total. The molecule has 0 radical (unpaired) electrons. The fourth-order valence-electron chi connectivity index (χ4n) is 2.87. The second kappa shape index (κ2) is 6.02. The molecule has 4 nitrogen and oxygen atoms in total. The third-order valence-electron chi connectivity index (χ3n) is 3.90. The van der Waals surface area contributed by atoms with Crippen molar-refractivity contribution in [3.63, 3.8) is 0 Å². The van der Waals surface area contributed by atoms with E-state index >= 15 is 0 Å². The number of halogens is 1. The lowest BCUT2D eigenvalue weighted by Crippen LogP contribution is -2.31. The first kappa shape index (κ1) is 15.5. The lowest BCUT2D eigenvalue weighted by atomic mass is 9.88. The first-order valence-electron chi connectivity index (χ1n) is 7.12. The highest BCUT2D eigenvalue weighted by Gasteiger charge is 2.26. The Morgan fingerprint density at radius 3 is 2.73 bits per heavy atom. The fourth-order valence-corrected chi connectivity index (χ4v) is 5.12. The molecule has 0 saturated carbocycles. The number of nitrogens with two attached hydrogens (primary N) is 1. The van der Waals surface area contributed by atoms with E-state index in [1.165, 1.54) is 0 Å². The van der Waals surface area contributed by atoms with Crippen molar-refractivity contribution in [3.05, 3.63) is 58.1 Å². The van der Waals surface area contributed by atoms with E-state index in [-0.39, 0.29) is 10.9 Å². The van der Waals surface area contributed by atoms with Gasteiger partial charge in [-0.1, -0.05) is 18.2 Å². The molecule has 0 bridgehead atoms. The Morgan fingerprint density at radius 2 is 1.95 bits per heavy atom. The van der Waals surface area contributed by atoms with Crippen molar-refractivity contribution >= 4 is 31.6 Å². The normalized spacial score (nSPS) is 18.0. The molecule has 0 aromatic heterocycles. The smallest absolute Gasteiger partial charge is 0.242 e. The summed E-state index contributed by atoms with van der Waals surface area (Å²) >= 11 is 3.30. The lowest BCUT2D eigenvalue weighted by Gasteiger charge is -2.26. The van der Waals surface area contributed by atoms with Crippen molar-refractivity contribution in [1.82, 2.24) is 4.72 Å². The first-order chi connectivity index (χ1) is 10.5. The summed E-state index contributed by atoms with van der Waals surface area (Å²) in [5, 5.41) is 0. The third-order valence-corrected chi connectivity index (χ3v) is 6.39. The highest BCUT2D eigenvalue weighted by atomic mass is 79.9. The van der Waals surface area contributed by atoms with Gasteiger partial charge in [0.2, 0.25) is 10.0 Å². The van der Waals surface area contributed by atoms with Crippen LogP contribution in [0.4, 0.5) is 5.69 Å². The van der Waals surface area contributed by atoms with Crippen molar-refractivity contribution in [2.75, 3.05) is 5.73 Å². The Bertz CT molecular complexity index is 806. The number of benzene rings is 2. The van der Waals surface area contributed by atoms with Crippen LogP contribution in [0.3, 0.4) is 0 Å². The van der Waals surface area contributed by atoms with Crippen molar-refractivity contribution in [3.8, 4) is 0 Å². The molecule has 1 aliphatic carbocycles. The van der Waals surface area contributed by atoms with Gasteiger partial charge in [0.15, 0.2) is 0 Å². The maximum atomic E-state index is 12.6. The molecule has 22 heavy (non-hydrogen) atoms. The van der Waals surface area contributed by atoms with Gasteiger partial charge < -0.3 is 5.73 Å². The molecular formula is C16H17BrN2O2S. The summed E-state index contributed by atoms with van der Waals surface area (Å²) in [6, 6.07) is 12.3. The summed E-state index contributed by atoms with van der Waals surface area (Å²) < 4.78 is 28.7. The summed E-state index contributed by atoms with van der Waals surface area (Å²) in [5.74, 6) is 0. The molecule has 0 heterocycles. The van der Waals surface area contributed by atoms with Gasteiger partial charge in [-0.15, -0.1) is 0 Å². The molecule has 0 saturated heterocycles. The molecule has 0 aliphatic heterocycles. The van der Waals surface area contributed by atoms with E-state index in [4.69, 9.17) is 5.73 Å². The van der Waals surface area contributed by atoms with E-state index in [9.17, 15) is 8.42 Å². The third kappa shape index (κ3) is 3.04. The number of nitrogen functional groups attached to an aromatic ring is 1. The van der Waals surface area contributed by atoms with Gasteiger partial charge in [-0.2, -0.15) is 0 Å². The van der Waals surface area contributed by atoms with Crippen LogP contribution in [0, 0.1) is 0 Å². The van der Waals surface area contributed by atoms with Crippen LogP contribution in [0.1, 0.15) is 30.0 Å². The van der Waals surface area contributed by atoms with Crippen molar-refractivity contribution in [2.45, 2.75) is 30.2 Å². The maximum absolute atomic E-state index is 12.6. The molecule has 116 valence electrons. The van der Waals surface area contributed by atoms with E-state index in [0.29, 0.717) is 10.2 Å². The summed E-state index contributed by atoms with van der Waals surface area (Å²) in [6.07, 6.45) is 2.67. The van der Waals surface area contributed by atoms with Crippen LogP contribution in [0.15, 0.2) is 51.8 Å². The van der Waals surface area contributed by atoms with E-state index in [0.717, 1.165) is 30.4 Å². The Kier molecular flexibility index (Phi) is 4.25.